The van der Waals surface area contributed by atoms with Crippen LogP contribution in [0, 0.1) is 0 Å². The first-order valence-corrected chi connectivity index (χ1v) is 9.96. The fourth-order valence-corrected chi connectivity index (χ4v) is 6.04. The van der Waals surface area contributed by atoms with Crippen molar-refractivity contribution in [2.24, 2.45) is 0 Å². The van der Waals surface area contributed by atoms with Gasteiger partial charge in [-0.15, -0.1) is 23.5 Å². The van der Waals surface area contributed by atoms with Gasteiger partial charge in [0.05, 0.1) is 11.2 Å². The van der Waals surface area contributed by atoms with Gasteiger partial charge in [0.1, 0.15) is 24.4 Å². The van der Waals surface area contributed by atoms with E-state index in [0.717, 1.165) is 11.5 Å². The highest BCUT2D eigenvalue weighted by atomic mass is 32.2. The van der Waals surface area contributed by atoms with Crippen molar-refractivity contribution in [2.75, 3.05) is 18.1 Å². The van der Waals surface area contributed by atoms with Crippen molar-refractivity contribution in [3.8, 4) is 0 Å². The van der Waals surface area contributed by atoms with Crippen molar-refractivity contribution in [3.63, 3.8) is 0 Å². The third-order valence-corrected chi connectivity index (χ3v) is 7.11. The molecule has 128 valence electrons. The van der Waals surface area contributed by atoms with Crippen molar-refractivity contribution < 1.29 is 24.1 Å². The zero-order valence-electron chi connectivity index (χ0n) is 13.6. The molecule has 3 heterocycles. The van der Waals surface area contributed by atoms with Crippen molar-refractivity contribution in [3.05, 3.63) is 0 Å². The summed E-state index contributed by atoms with van der Waals surface area (Å²) in [5, 5.41) is 10.8. The fourth-order valence-electron chi connectivity index (χ4n) is 3.10. The molecule has 0 spiro atoms. The van der Waals surface area contributed by atoms with Gasteiger partial charge in [0.15, 0.2) is 11.6 Å². The van der Waals surface area contributed by atoms with Gasteiger partial charge < -0.3 is 24.1 Å². The molecule has 0 saturated carbocycles. The van der Waals surface area contributed by atoms with Crippen molar-refractivity contribution in [2.45, 2.75) is 74.7 Å². The molecule has 3 aliphatic rings. The number of aliphatic hydroxyl groups excluding tert-OH is 1. The van der Waals surface area contributed by atoms with Crippen molar-refractivity contribution in [1.29, 1.82) is 0 Å². The first kappa shape index (κ1) is 17.3. The summed E-state index contributed by atoms with van der Waals surface area (Å²) in [5.74, 6) is 0.861. The lowest BCUT2D eigenvalue weighted by atomic mass is 10.0. The maximum absolute atomic E-state index is 10.8. The molecular weight excluding hydrogens is 324 g/mol. The quantitative estimate of drug-likeness (QED) is 0.837. The van der Waals surface area contributed by atoms with Gasteiger partial charge in [0.2, 0.25) is 0 Å². The van der Waals surface area contributed by atoms with Gasteiger partial charge in [-0.2, -0.15) is 0 Å². The van der Waals surface area contributed by atoms with Crippen LogP contribution in [0.15, 0.2) is 0 Å². The average molecular weight is 351 g/mol. The molecule has 0 aromatic heterocycles. The minimum Gasteiger partial charge on any atom is -0.388 e. The summed E-state index contributed by atoms with van der Waals surface area (Å²) in [6, 6.07) is 0. The summed E-state index contributed by atoms with van der Waals surface area (Å²) in [7, 11) is 0. The summed E-state index contributed by atoms with van der Waals surface area (Å²) < 4.78 is 23.8. The molecule has 3 aliphatic heterocycles. The molecule has 7 heteroatoms. The molecule has 22 heavy (non-hydrogen) atoms. The van der Waals surface area contributed by atoms with Crippen LogP contribution >= 0.6 is 23.5 Å². The zero-order chi connectivity index (χ0) is 16.0. The Kier molecular flexibility index (Phi) is 5.06. The molecule has 4 unspecified atom stereocenters. The Balaban J connectivity index is 1.72. The Labute approximate surface area is 140 Å². The third-order valence-electron chi connectivity index (χ3n) is 4.03. The smallest absolute Gasteiger partial charge is 0.164 e. The zero-order valence-corrected chi connectivity index (χ0v) is 15.2. The molecule has 0 radical (unpaired) electrons. The Morgan fingerprint density at radius 2 is 1.68 bits per heavy atom. The largest absolute Gasteiger partial charge is 0.388 e. The van der Waals surface area contributed by atoms with Crippen LogP contribution < -0.4 is 0 Å². The molecular formula is C15H26O5S2. The Hall–Kier alpha value is 0.500. The van der Waals surface area contributed by atoms with Gasteiger partial charge in [-0.3, -0.25) is 0 Å². The molecule has 3 saturated heterocycles. The number of thioether (sulfide) groups is 2. The Bertz CT molecular complexity index is 397. The van der Waals surface area contributed by atoms with Gasteiger partial charge in [-0.1, -0.05) is 0 Å². The average Bonchev–Trinajstić information content (AvgIpc) is 2.98. The number of hydrogen-bond acceptors (Lipinski definition) is 7. The van der Waals surface area contributed by atoms with E-state index in [0.29, 0.717) is 6.61 Å². The lowest BCUT2D eigenvalue weighted by molar-refractivity contribution is -0.175. The molecule has 4 atom stereocenters. The minimum absolute atomic E-state index is 0.133. The first-order chi connectivity index (χ1) is 10.3. The third kappa shape index (κ3) is 3.77. The Morgan fingerprint density at radius 1 is 1.00 bits per heavy atom. The molecule has 0 aliphatic carbocycles. The second kappa shape index (κ2) is 6.43. The number of aliphatic hydroxyl groups is 1. The summed E-state index contributed by atoms with van der Waals surface area (Å²) in [6.45, 7) is 8.02. The molecule has 0 aromatic carbocycles. The van der Waals surface area contributed by atoms with E-state index in [4.69, 9.17) is 18.9 Å². The molecule has 3 fully saturated rings. The summed E-state index contributed by atoms with van der Waals surface area (Å²) in [6.07, 6.45) is -0.289. The molecule has 1 N–H and O–H groups in total. The number of rotatable bonds is 3. The van der Waals surface area contributed by atoms with Gasteiger partial charge in [-0.25, -0.2) is 0 Å². The van der Waals surface area contributed by atoms with E-state index >= 15 is 0 Å². The minimum atomic E-state index is -0.712. The topological polar surface area (TPSA) is 57.2 Å². The van der Waals surface area contributed by atoms with E-state index in [9.17, 15) is 5.11 Å². The Morgan fingerprint density at radius 3 is 2.27 bits per heavy atom. The highest BCUT2D eigenvalue weighted by Crippen LogP contribution is 2.41. The number of hydrogen-bond donors (Lipinski definition) is 1. The second-order valence-corrected chi connectivity index (χ2v) is 9.68. The summed E-state index contributed by atoms with van der Waals surface area (Å²) in [5.41, 5.74) is 0. The predicted molar refractivity (Wildman–Crippen MR) is 88.1 cm³/mol. The van der Waals surface area contributed by atoms with Crippen LogP contribution in [-0.4, -0.2) is 63.8 Å². The molecule has 0 aromatic rings. The maximum atomic E-state index is 10.8. The highest BCUT2D eigenvalue weighted by molar-refractivity contribution is 8.17. The summed E-state index contributed by atoms with van der Waals surface area (Å²) >= 11 is 3.62. The van der Waals surface area contributed by atoms with E-state index in [1.165, 1.54) is 6.42 Å². The van der Waals surface area contributed by atoms with Crippen LogP contribution in [0.4, 0.5) is 0 Å². The second-order valence-electron chi connectivity index (χ2n) is 6.89. The van der Waals surface area contributed by atoms with E-state index in [1.807, 2.05) is 51.2 Å². The SMILES string of the molecule is CC1(C)OCC(C2OC(C)(C)OC2C(O)C2SCCCS2)O1. The molecule has 3 rings (SSSR count). The molecule has 0 amide bonds. The van der Waals surface area contributed by atoms with Crippen molar-refractivity contribution in [1.82, 2.24) is 0 Å². The maximum Gasteiger partial charge on any atom is 0.164 e. The van der Waals surface area contributed by atoms with Crippen LogP contribution in [0.5, 0.6) is 0 Å². The van der Waals surface area contributed by atoms with Crippen LogP contribution in [0.1, 0.15) is 34.1 Å². The summed E-state index contributed by atoms with van der Waals surface area (Å²) in [4.78, 5) is 0. The lowest BCUT2D eigenvalue weighted by Gasteiger charge is -2.32. The predicted octanol–water partition coefficient (Wildman–Crippen LogP) is 2.22. The van der Waals surface area contributed by atoms with Gasteiger partial charge in [-0.05, 0) is 45.6 Å². The monoisotopic (exact) mass is 350 g/mol. The molecule has 0 bridgehead atoms. The standard InChI is InChI=1S/C15H26O5S2/c1-14(2)17-8-9(18-14)11-12(20-15(3,4)19-11)10(16)13-21-6-5-7-22-13/h9-13,16H,5-8H2,1-4H3. The van der Waals surface area contributed by atoms with E-state index in [1.54, 1.807) is 0 Å². The fraction of sp³-hybridized carbons (Fsp3) is 1.00. The van der Waals surface area contributed by atoms with Gasteiger partial charge in [0, 0.05) is 0 Å². The van der Waals surface area contributed by atoms with Gasteiger partial charge in [0.25, 0.3) is 0 Å². The first-order valence-electron chi connectivity index (χ1n) is 7.86. The van der Waals surface area contributed by atoms with E-state index in [-0.39, 0.29) is 22.9 Å². The van der Waals surface area contributed by atoms with E-state index in [2.05, 4.69) is 0 Å². The number of ether oxygens (including phenoxy) is 4. The van der Waals surface area contributed by atoms with Crippen LogP contribution in [-0.2, 0) is 18.9 Å². The molecule has 5 nitrogen and oxygen atoms in total. The van der Waals surface area contributed by atoms with Crippen molar-refractivity contribution >= 4 is 23.5 Å². The van der Waals surface area contributed by atoms with Gasteiger partial charge >= 0.3 is 0 Å². The van der Waals surface area contributed by atoms with Crippen LogP contribution in [0.25, 0.3) is 0 Å². The lowest BCUT2D eigenvalue weighted by Crippen LogP contribution is -2.47. The van der Waals surface area contributed by atoms with E-state index < -0.39 is 17.7 Å². The van der Waals surface area contributed by atoms with Crippen LogP contribution in [0.2, 0.25) is 0 Å². The van der Waals surface area contributed by atoms with Crippen LogP contribution in [0.3, 0.4) is 0 Å². The highest BCUT2D eigenvalue weighted by Gasteiger charge is 2.53. The normalized spacial score (nSPS) is 40.0.